The molecule has 1 aromatic rings. The molecule has 0 atom stereocenters. The molecule has 4 heteroatoms. The molecule has 0 aromatic heterocycles. The number of nitriles is 1. The zero-order valence-corrected chi connectivity index (χ0v) is 11.0. The Labute approximate surface area is 112 Å². The van der Waals surface area contributed by atoms with Crippen LogP contribution in [0.2, 0.25) is 0 Å². The summed E-state index contributed by atoms with van der Waals surface area (Å²) in [5, 5.41) is 12.0. The number of nitrogens with one attached hydrogen (secondary N) is 1. The van der Waals surface area contributed by atoms with E-state index in [4.69, 9.17) is 11.7 Å². The molecule has 0 aliphatic rings. The minimum atomic E-state index is -0.0155. The average Bonchev–Trinajstić information content (AvgIpc) is 2.38. The van der Waals surface area contributed by atoms with Crippen LogP contribution in [0.1, 0.15) is 22.8 Å². The van der Waals surface area contributed by atoms with Gasteiger partial charge in [0.2, 0.25) is 0 Å². The second kappa shape index (κ2) is 7.42. The molecule has 0 aliphatic carbocycles. The number of hydrogen-bond donors (Lipinski definition) is 1. The molecule has 1 rings (SSSR count). The van der Waals surface area contributed by atoms with E-state index in [1.807, 2.05) is 0 Å². The number of thioether (sulfide) groups is 1. The van der Waals surface area contributed by atoms with Crippen molar-refractivity contribution in [2.45, 2.75) is 6.92 Å². The highest BCUT2D eigenvalue weighted by atomic mass is 32.2. The number of hydrogen-bond acceptors (Lipinski definition) is 4. The number of benzene rings is 1. The fraction of sp³-hybridized carbons (Fsp3) is 0.286. The SMILES string of the molecule is C#CCSCCNc1cc(C#N)ccc1C(C)=O. The summed E-state index contributed by atoms with van der Waals surface area (Å²) >= 11 is 1.65. The highest BCUT2D eigenvalue weighted by Crippen LogP contribution is 2.18. The highest BCUT2D eigenvalue weighted by molar-refractivity contribution is 7.99. The summed E-state index contributed by atoms with van der Waals surface area (Å²) in [6, 6.07) is 7.08. The molecule has 18 heavy (non-hydrogen) atoms. The Balaban J connectivity index is 2.70. The summed E-state index contributed by atoms with van der Waals surface area (Å²) in [6.07, 6.45) is 5.15. The van der Waals surface area contributed by atoms with Gasteiger partial charge in [-0.15, -0.1) is 18.2 Å². The van der Waals surface area contributed by atoms with E-state index < -0.39 is 0 Å². The number of Topliss-reactive ketones (excluding diaryl/α,β-unsaturated/α-hetero) is 1. The van der Waals surface area contributed by atoms with Crippen molar-refractivity contribution in [1.82, 2.24) is 0 Å². The van der Waals surface area contributed by atoms with Gasteiger partial charge in [-0.25, -0.2) is 0 Å². The Morgan fingerprint density at radius 1 is 1.56 bits per heavy atom. The molecule has 0 amide bonds. The molecule has 0 radical (unpaired) electrons. The number of anilines is 1. The van der Waals surface area contributed by atoms with Crippen LogP contribution in [0.3, 0.4) is 0 Å². The normalized spacial score (nSPS) is 9.28. The van der Waals surface area contributed by atoms with Crippen LogP contribution in [-0.4, -0.2) is 23.8 Å². The lowest BCUT2D eigenvalue weighted by atomic mass is 10.1. The fourth-order valence-corrected chi connectivity index (χ4v) is 1.96. The molecule has 0 bridgehead atoms. The van der Waals surface area contributed by atoms with Crippen molar-refractivity contribution in [2.24, 2.45) is 0 Å². The average molecular weight is 258 g/mol. The maximum absolute atomic E-state index is 11.4. The molecule has 1 N–H and O–H groups in total. The van der Waals surface area contributed by atoms with Gasteiger partial charge in [-0.1, -0.05) is 5.92 Å². The molecule has 0 heterocycles. The molecule has 1 aromatic carbocycles. The van der Waals surface area contributed by atoms with Crippen LogP contribution in [0.5, 0.6) is 0 Å². The van der Waals surface area contributed by atoms with Crippen molar-refractivity contribution < 1.29 is 4.79 Å². The molecule has 0 unspecified atom stereocenters. The maximum atomic E-state index is 11.4. The van der Waals surface area contributed by atoms with Gasteiger partial charge in [-0.2, -0.15) is 5.26 Å². The van der Waals surface area contributed by atoms with Crippen LogP contribution in [0, 0.1) is 23.7 Å². The van der Waals surface area contributed by atoms with Crippen molar-refractivity contribution in [3.63, 3.8) is 0 Å². The number of rotatable bonds is 6. The van der Waals surface area contributed by atoms with Crippen molar-refractivity contribution in [1.29, 1.82) is 5.26 Å². The largest absolute Gasteiger partial charge is 0.384 e. The van der Waals surface area contributed by atoms with Crippen molar-refractivity contribution in [3.05, 3.63) is 29.3 Å². The number of ketones is 1. The number of terminal acetylenes is 1. The van der Waals surface area contributed by atoms with Gasteiger partial charge in [-0.05, 0) is 25.1 Å². The van der Waals surface area contributed by atoms with Gasteiger partial charge < -0.3 is 5.32 Å². The molecule has 0 saturated heterocycles. The zero-order valence-electron chi connectivity index (χ0n) is 10.2. The molecule has 3 nitrogen and oxygen atoms in total. The summed E-state index contributed by atoms with van der Waals surface area (Å²) in [5.41, 5.74) is 1.86. The highest BCUT2D eigenvalue weighted by Gasteiger charge is 2.07. The van der Waals surface area contributed by atoms with Crippen LogP contribution in [0.25, 0.3) is 0 Å². The zero-order chi connectivity index (χ0) is 13.4. The monoisotopic (exact) mass is 258 g/mol. The second-order valence-corrected chi connectivity index (χ2v) is 4.72. The first-order chi connectivity index (χ1) is 8.69. The van der Waals surface area contributed by atoms with Gasteiger partial charge >= 0.3 is 0 Å². The number of carbonyl (C=O) groups is 1. The molecule has 0 aliphatic heterocycles. The second-order valence-electron chi connectivity index (χ2n) is 3.61. The van der Waals surface area contributed by atoms with Crippen LogP contribution in [0.15, 0.2) is 18.2 Å². The minimum Gasteiger partial charge on any atom is -0.384 e. The smallest absolute Gasteiger partial charge is 0.161 e. The summed E-state index contributed by atoms with van der Waals surface area (Å²) in [5.74, 6) is 4.08. The lowest BCUT2D eigenvalue weighted by Gasteiger charge is -2.10. The molecule has 0 fully saturated rings. The van der Waals surface area contributed by atoms with E-state index in [2.05, 4.69) is 17.3 Å². The first-order valence-electron chi connectivity index (χ1n) is 5.49. The van der Waals surface area contributed by atoms with Crippen LogP contribution in [0.4, 0.5) is 5.69 Å². The summed E-state index contributed by atoms with van der Waals surface area (Å²) < 4.78 is 0. The lowest BCUT2D eigenvalue weighted by Crippen LogP contribution is -2.08. The van der Waals surface area contributed by atoms with Gasteiger partial charge in [0.25, 0.3) is 0 Å². The van der Waals surface area contributed by atoms with Crippen LogP contribution < -0.4 is 5.32 Å². The fourth-order valence-electron chi connectivity index (χ4n) is 1.46. The van der Waals surface area contributed by atoms with Crippen molar-refractivity contribution in [3.8, 4) is 18.4 Å². The molecule has 92 valence electrons. The Bertz CT molecular complexity index is 512. The Hall–Kier alpha value is -1.91. The molecular formula is C14H14N2OS. The first kappa shape index (κ1) is 14.2. The van der Waals surface area contributed by atoms with E-state index in [0.29, 0.717) is 29.1 Å². The van der Waals surface area contributed by atoms with Gasteiger partial charge in [0.15, 0.2) is 5.78 Å². The van der Waals surface area contributed by atoms with Gasteiger partial charge in [-0.3, -0.25) is 4.79 Å². The topological polar surface area (TPSA) is 52.9 Å². The summed E-state index contributed by atoms with van der Waals surface area (Å²) in [7, 11) is 0. The number of nitrogens with zero attached hydrogens (tertiary/aromatic N) is 1. The quantitative estimate of drug-likeness (QED) is 0.484. The van der Waals surface area contributed by atoms with Crippen molar-refractivity contribution in [2.75, 3.05) is 23.4 Å². The standard InChI is InChI=1S/C14H14N2OS/c1-3-7-18-8-6-16-14-9-12(10-15)4-5-13(14)11(2)17/h1,4-5,9,16H,6-8H2,2H3. The maximum Gasteiger partial charge on any atom is 0.161 e. The van der Waals surface area contributed by atoms with E-state index >= 15 is 0 Å². The van der Waals surface area contributed by atoms with Crippen molar-refractivity contribution >= 4 is 23.2 Å². The number of carbonyl (C=O) groups excluding carboxylic acids is 1. The predicted octanol–water partition coefficient (Wildman–Crippen LogP) is 2.54. The Kier molecular flexibility index (Phi) is 5.84. The van der Waals surface area contributed by atoms with E-state index in [9.17, 15) is 4.79 Å². The van der Waals surface area contributed by atoms with E-state index in [0.717, 1.165) is 5.75 Å². The van der Waals surface area contributed by atoms with Crippen LogP contribution in [-0.2, 0) is 0 Å². The van der Waals surface area contributed by atoms with Gasteiger partial charge in [0, 0.05) is 23.5 Å². The third-order valence-corrected chi connectivity index (χ3v) is 3.14. The molecular weight excluding hydrogens is 244 g/mol. The Morgan fingerprint density at radius 3 is 2.94 bits per heavy atom. The van der Waals surface area contributed by atoms with E-state index in [1.165, 1.54) is 6.92 Å². The Morgan fingerprint density at radius 2 is 2.33 bits per heavy atom. The van der Waals surface area contributed by atoms with Crippen LogP contribution >= 0.6 is 11.8 Å². The third kappa shape index (κ3) is 4.16. The van der Waals surface area contributed by atoms with E-state index in [-0.39, 0.29) is 5.78 Å². The van der Waals surface area contributed by atoms with E-state index in [1.54, 1.807) is 30.0 Å². The lowest BCUT2D eigenvalue weighted by molar-refractivity contribution is 0.101. The predicted molar refractivity (Wildman–Crippen MR) is 75.8 cm³/mol. The molecule has 0 spiro atoms. The third-order valence-electron chi connectivity index (χ3n) is 2.28. The summed E-state index contributed by atoms with van der Waals surface area (Å²) in [4.78, 5) is 11.4. The molecule has 0 saturated carbocycles. The van der Waals surface area contributed by atoms with Gasteiger partial charge in [0.1, 0.15) is 0 Å². The van der Waals surface area contributed by atoms with Gasteiger partial charge in [0.05, 0.1) is 17.4 Å². The first-order valence-corrected chi connectivity index (χ1v) is 6.64. The minimum absolute atomic E-state index is 0.0155. The summed E-state index contributed by atoms with van der Waals surface area (Å²) in [6.45, 7) is 2.22.